The number of aliphatic carboxylic acids is 1. The Morgan fingerprint density at radius 2 is 1.84 bits per heavy atom. The van der Waals surface area contributed by atoms with Gasteiger partial charge in [-0.05, 0) is 16.5 Å². The average Bonchev–Trinajstić information content (AvgIpc) is 2.70. The minimum atomic E-state index is -0.990. The van der Waals surface area contributed by atoms with Gasteiger partial charge in [-0.25, -0.2) is 0 Å². The maximum absolute atomic E-state index is 11.3. The summed E-state index contributed by atoms with van der Waals surface area (Å²) in [6.07, 6.45) is -0.722. The molecule has 0 amide bonds. The van der Waals surface area contributed by atoms with Crippen molar-refractivity contribution in [1.29, 1.82) is 0 Å². The number of esters is 1. The van der Waals surface area contributed by atoms with Crippen LogP contribution in [0.1, 0.15) is 44.4 Å². The lowest BCUT2D eigenvalue weighted by atomic mass is 9.85. The van der Waals surface area contributed by atoms with Gasteiger partial charge in [-0.1, -0.05) is 45.0 Å². The molecule has 1 fully saturated rings. The highest BCUT2D eigenvalue weighted by Gasteiger charge is 2.40. The summed E-state index contributed by atoms with van der Waals surface area (Å²) >= 11 is 0. The summed E-state index contributed by atoms with van der Waals surface area (Å²) in [7, 11) is 0. The Hall–Kier alpha value is -1.84. The SMILES string of the molecule is CC(C)(C)c1ccc(C2OC(=O)CC2C(=O)O)cc1. The van der Waals surface area contributed by atoms with Gasteiger partial charge in [-0.15, -0.1) is 0 Å². The van der Waals surface area contributed by atoms with Crippen LogP contribution in [0.3, 0.4) is 0 Å². The van der Waals surface area contributed by atoms with E-state index < -0.39 is 24.0 Å². The predicted octanol–water partition coefficient (Wildman–Crippen LogP) is 2.67. The molecule has 0 aliphatic carbocycles. The molecule has 1 aromatic carbocycles. The van der Waals surface area contributed by atoms with Gasteiger partial charge in [0.15, 0.2) is 0 Å². The van der Waals surface area contributed by atoms with Gasteiger partial charge in [-0.3, -0.25) is 9.59 Å². The number of carboxylic acids is 1. The number of carbonyl (C=O) groups excluding carboxylic acids is 1. The first-order valence-corrected chi connectivity index (χ1v) is 6.32. The van der Waals surface area contributed by atoms with E-state index >= 15 is 0 Å². The number of cyclic esters (lactones) is 1. The Kier molecular flexibility index (Phi) is 3.35. The van der Waals surface area contributed by atoms with E-state index in [9.17, 15) is 9.59 Å². The third-order valence-corrected chi connectivity index (χ3v) is 3.43. The molecule has 0 spiro atoms. The zero-order chi connectivity index (χ0) is 14.2. The molecule has 102 valence electrons. The smallest absolute Gasteiger partial charge is 0.311 e. The van der Waals surface area contributed by atoms with E-state index in [1.54, 1.807) is 0 Å². The maximum atomic E-state index is 11.3. The summed E-state index contributed by atoms with van der Waals surface area (Å²) in [5, 5.41) is 9.11. The zero-order valence-corrected chi connectivity index (χ0v) is 11.3. The number of carbonyl (C=O) groups is 2. The Balaban J connectivity index is 2.27. The van der Waals surface area contributed by atoms with E-state index in [-0.39, 0.29) is 11.8 Å². The van der Waals surface area contributed by atoms with Gasteiger partial charge >= 0.3 is 11.9 Å². The first-order chi connectivity index (χ1) is 8.79. The minimum Gasteiger partial charge on any atom is -0.481 e. The standard InChI is InChI=1S/C15H18O4/c1-15(2,3)10-6-4-9(5-7-10)13-11(14(17)18)8-12(16)19-13/h4-7,11,13H,8H2,1-3H3,(H,17,18). The normalized spacial score (nSPS) is 23.2. The Morgan fingerprint density at radius 3 is 2.32 bits per heavy atom. The summed E-state index contributed by atoms with van der Waals surface area (Å²) in [5.74, 6) is -2.22. The molecule has 2 rings (SSSR count). The van der Waals surface area contributed by atoms with Gasteiger partial charge in [0.2, 0.25) is 0 Å². The first kappa shape index (κ1) is 13.6. The van der Waals surface area contributed by atoms with Crippen molar-refractivity contribution in [3.8, 4) is 0 Å². The van der Waals surface area contributed by atoms with Gasteiger partial charge in [-0.2, -0.15) is 0 Å². The van der Waals surface area contributed by atoms with Gasteiger partial charge in [0, 0.05) is 0 Å². The molecule has 4 nitrogen and oxygen atoms in total. The van der Waals surface area contributed by atoms with Crippen LogP contribution < -0.4 is 0 Å². The van der Waals surface area contributed by atoms with E-state index in [4.69, 9.17) is 9.84 Å². The molecule has 1 aliphatic heterocycles. The molecule has 1 saturated heterocycles. The van der Waals surface area contributed by atoms with Crippen LogP contribution in [0, 0.1) is 5.92 Å². The van der Waals surface area contributed by atoms with E-state index in [0.29, 0.717) is 0 Å². The average molecular weight is 262 g/mol. The van der Waals surface area contributed by atoms with Gasteiger partial charge in [0.25, 0.3) is 0 Å². The molecule has 2 atom stereocenters. The summed E-state index contributed by atoms with van der Waals surface area (Å²) in [4.78, 5) is 22.4. The van der Waals surface area contributed by atoms with Crippen molar-refractivity contribution >= 4 is 11.9 Å². The van der Waals surface area contributed by atoms with Crippen LogP contribution >= 0.6 is 0 Å². The molecular weight excluding hydrogens is 244 g/mol. The summed E-state index contributed by atoms with van der Waals surface area (Å²) in [6.45, 7) is 6.33. The zero-order valence-electron chi connectivity index (χ0n) is 11.3. The first-order valence-electron chi connectivity index (χ1n) is 6.32. The summed E-state index contributed by atoms with van der Waals surface area (Å²) < 4.78 is 5.13. The van der Waals surface area contributed by atoms with Gasteiger partial charge < -0.3 is 9.84 Å². The van der Waals surface area contributed by atoms with Crippen molar-refractivity contribution in [2.24, 2.45) is 5.92 Å². The van der Waals surface area contributed by atoms with Crippen molar-refractivity contribution in [3.05, 3.63) is 35.4 Å². The molecule has 2 unspecified atom stereocenters. The van der Waals surface area contributed by atoms with Crippen molar-refractivity contribution in [3.63, 3.8) is 0 Å². The van der Waals surface area contributed by atoms with Crippen molar-refractivity contribution < 1.29 is 19.4 Å². The molecule has 0 radical (unpaired) electrons. The topological polar surface area (TPSA) is 63.6 Å². The molecule has 1 N–H and O–H groups in total. The minimum absolute atomic E-state index is 0.0388. The number of rotatable bonds is 2. The highest BCUT2D eigenvalue weighted by molar-refractivity contribution is 5.82. The van der Waals surface area contributed by atoms with Gasteiger partial charge in [0.1, 0.15) is 12.0 Å². The predicted molar refractivity (Wildman–Crippen MR) is 69.7 cm³/mol. The second-order valence-electron chi connectivity index (χ2n) is 5.93. The molecule has 1 heterocycles. The van der Waals surface area contributed by atoms with Crippen LogP contribution in [0.25, 0.3) is 0 Å². The fourth-order valence-electron chi connectivity index (χ4n) is 2.25. The molecule has 0 aromatic heterocycles. The quantitative estimate of drug-likeness (QED) is 0.832. The van der Waals surface area contributed by atoms with Crippen LogP contribution in [0.5, 0.6) is 0 Å². The van der Waals surface area contributed by atoms with Crippen molar-refractivity contribution in [1.82, 2.24) is 0 Å². The second-order valence-corrected chi connectivity index (χ2v) is 5.93. The highest BCUT2D eigenvalue weighted by atomic mass is 16.6. The van der Waals surface area contributed by atoms with Crippen molar-refractivity contribution in [2.75, 3.05) is 0 Å². The summed E-state index contributed by atoms with van der Waals surface area (Å²) in [5.41, 5.74) is 1.94. The third kappa shape index (κ3) is 2.78. The van der Waals surface area contributed by atoms with Gasteiger partial charge in [0.05, 0.1) is 6.42 Å². The second kappa shape index (κ2) is 4.68. The fraction of sp³-hybridized carbons (Fsp3) is 0.467. The molecule has 1 aromatic rings. The lowest BCUT2D eigenvalue weighted by Gasteiger charge is -2.20. The Bertz CT molecular complexity index is 496. The van der Waals surface area contributed by atoms with E-state index in [1.165, 1.54) is 0 Å². The lowest BCUT2D eigenvalue weighted by molar-refractivity contribution is -0.144. The maximum Gasteiger partial charge on any atom is 0.311 e. The van der Waals surface area contributed by atoms with Crippen LogP contribution in [0.2, 0.25) is 0 Å². The molecule has 19 heavy (non-hydrogen) atoms. The molecule has 0 bridgehead atoms. The van der Waals surface area contributed by atoms with E-state index in [0.717, 1.165) is 11.1 Å². The molecular formula is C15H18O4. The van der Waals surface area contributed by atoms with E-state index in [1.807, 2.05) is 24.3 Å². The fourth-order valence-corrected chi connectivity index (χ4v) is 2.25. The number of hydrogen-bond acceptors (Lipinski definition) is 3. The summed E-state index contributed by atoms with van der Waals surface area (Å²) in [6, 6.07) is 7.61. The monoisotopic (exact) mass is 262 g/mol. The number of benzene rings is 1. The van der Waals surface area contributed by atoms with Crippen LogP contribution in [0.15, 0.2) is 24.3 Å². The van der Waals surface area contributed by atoms with Crippen LogP contribution in [-0.4, -0.2) is 17.0 Å². The number of carboxylic acid groups (broad SMARTS) is 1. The lowest BCUT2D eigenvalue weighted by Crippen LogP contribution is -2.18. The highest BCUT2D eigenvalue weighted by Crippen LogP contribution is 2.36. The van der Waals surface area contributed by atoms with Crippen LogP contribution in [0.4, 0.5) is 0 Å². The number of ether oxygens (including phenoxy) is 1. The molecule has 0 saturated carbocycles. The van der Waals surface area contributed by atoms with Crippen molar-refractivity contribution in [2.45, 2.75) is 38.7 Å². The largest absolute Gasteiger partial charge is 0.481 e. The number of hydrogen-bond donors (Lipinski definition) is 1. The Labute approximate surface area is 112 Å². The third-order valence-electron chi connectivity index (χ3n) is 3.43. The van der Waals surface area contributed by atoms with E-state index in [2.05, 4.69) is 20.8 Å². The molecule has 1 aliphatic rings. The van der Waals surface area contributed by atoms with Crippen LogP contribution in [-0.2, 0) is 19.7 Å². The Morgan fingerprint density at radius 1 is 1.26 bits per heavy atom. The molecule has 4 heteroatoms.